The van der Waals surface area contributed by atoms with E-state index in [2.05, 4.69) is 19.9 Å². The van der Waals surface area contributed by atoms with Gasteiger partial charge in [-0.25, -0.2) is 0 Å². The quantitative estimate of drug-likeness (QED) is 0.810. The van der Waals surface area contributed by atoms with Gasteiger partial charge in [-0.2, -0.15) is 0 Å². The summed E-state index contributed by atoms with van der Waals surface area (Å²) in [4.78, 5) is 0. The van der Waals surface area contributed by atoms with Crippen molar-refractivity contribution in [1.82, 2.24) is 0 Å². The molecule has 18 heavy (non-hydrogen) atoms. The molecule has 0 amide bonds. The van der Waals surface area contributed by atoms with Gasteiger partial charge in [0, 0.05) is 6.04 Å². The van der Waals surface area contributed by atoms with Crippen molar-refractivity contribution in [2.45, 2.75) is 40.2 Å². The fourth-order valence-corrected chi connectivity index (χ4v) is 1.73. The van der Waals surface area contributed by atoms with E-state index in [-0.39, 0.29) is 6.04 Å². The summed E-state index contributed by atoms with van der Waals surface area (Å²) >= 11 is 0. The fourth-order valence-electron chi connectivity index (χ4n) is 1.73. The number of hydrogen-bond acceptors (Lipinski definition) is 3. The Labute approximate surface area is 110 Å². The van der Waals surface area contributed by atoms with Crippen molar-refractivity contribution in [2.24, 2.45) is 11.7 Å². The average Bonchev–Trinajstić information content (AvgIpc) is 2.33. The Morgan fingerprint density at radius 2 is 1.67 bits per heavy atom. The highest BCUT2D eigenvalue weighted by molar-refractivity contribution is 5.43. The zero-order chi connectivity index (χ0) is 13.5. The molecule has 2 N–H and O–H groups in total. The highest BCUT2D eigenvalue weighted by atomic mass is 16.5. The lowest BCUT2D eigenvalue weighted by molar-refractivity contribution is 0.287. The first-order valence-corrected chi connectivity index (χ1v) is 6.72. The molecule has 0 aliphatic carbocycles. The summed E-state index contributed by atoms with van der Waals surface area (Å²) in [7, 11) is 0. The van der Waals surface area contributed by atoms with Gasteiger partial charge >= 0.3 is 0 Å². The second-order valence-corrected chi connectivity index (χ2v) is 4.76. The maximum Gasteiger partial charge on any atom is 0.161 e. The summed E-state index contributed by atoms with van der Waals surface area (Å²) in [6, 6.07) is 6.25. The number of ether oxygens (including phenoxy) is 2. The van der Waals surface area contributed by atoms with Crippen LogP contribution < -0.4 is 15.2 Å². The molecular weight excluding hydrogens is 226 g/mol. The maximum atomic E-state index is 6.10. The van der Waals surface area contributed by atoms with Crippen LogP contribution >= 0.6 is 0 Å². The van der Waals surface area contributed by atoms with Crippen LogP contribution in [0.1, 0.15) is 33.3 Å². The topological polar surface area (TPSA) is 44.5 Å². The fraction of sp³-hybridized carbons (Fsp3) is 0.600. The highest BCUT2D eigenvalue weighted by Gasteiger charge is 2.11. The first-order valence-electron chi connectivity index (χ1n) is 6.72. The Morgan fingerprint density at radius 3 is 2.22 bits per heavy atom. The van der Waals surface area contributed by atoms with E-state index in [1.54, 1.807) is 0 Å². The highest BCUT2D eigenvalue weighted by Crippen LogP contribution is 2.29. The molecule has 1 aromatic rings. The van der Waals surface area contributed by atoms with E-state index in [1.807, 2.05) is 26.0 Å². The minimum absolute atomic E-state index is 0.178. The molecule has 3 heteroatoms. The lowest BCUT2D eigenvalue weighted by Gasteiger charge is -2.17. The zero-order valence-electron chi connectivity index (χ0n) is 11.9. The van der Waals surface area contributed by atoms with E-state index < -0.39 is 0 Å². The molecule has 0 bridgehead atoms. The third-order valence-electron chi connectivity index (χ3n) is 2.94. The third-order valence-corrected chi connectivity index (χ3v) is 2.94. The van der Waals surface area contributed by atoms with Crippen molar-refractivity contribution in [3.05, 3.63) is 23.8 Å². The molecule has 1 atom stereocenters. The van der Waals surface area contributed by atoms with Crippen LogP contribution in [0, 0.1) is 5.92 Å². The van der Waals surface area contributed by atoms with E-state index in [9.17, 15) is 0 Å². The van der Waals surface area contributed by atoms with E-state index in [1.165, 1.54) is 5.56 Å². The zero-order valence-corrected chi connectivity index (χ0v) is 11.9. The molecule has 0 aliphatic heterocycles. The van der Waals surface area contributed by atoms with Crippen molar-refractivity contribution in [2.75, 3.05) is 13.2 Å². The summed E-state index contributed by atoms with van der Waals surface area (Å²) < 4.78 is 11.1. The van der Waals surface area contributed by atoms with Crippen LogP contribution in [-0.4, -0.2) is 19.3 Å². The number of hydrogen-bond donors (Lipinski definition) is 1. The van der Waals surface area contributed by atoms with Crippen LogP contribution in [0.3, 0.4) is 0 Å². The molecule has 1 rings (SSSR count). The molecular formula is C15H25NO2. The van der Waals surface area contributed by atoms with Gasteiger partial charge in [-0.15, -0.1) is 0 Å². The summed E-state index contributed by atoms with van der Waals surface area (Å²) in [5.41, 5.74) is 7.29. The van der Waals surface area contributed by atoms with Crippen molar-refractivity contribution < 1.29 is 9.47 Å². The minimum atomic E-state index is 0.178. The first kappa shape index (κ1) is 14.8. The molecule has 0 fully saturated rings. The summed E-state index contributed by atoms with van der Waals surface area (Å²) in [5.74, 6) is 2.10. The van der Waals surface area contributed by atoms with Gasteiger partial charge in [-0.1, -0.05) is 19.9 Å². The van der Waals surface area contributed by atoms with Crippen molar-refractivity contribution in [1.29, 1.82) is 0 Å². The minimum Gasteiger partial charge on any atom is -0.490 e. The van der Waals surface area contributed by atoms with Gasteiger partial charge in [-0.05, 0) is 43.9 Å². The maximum absolute atomic E-state index is 6.10. The van der Waals surface area contributed by atoms with Crippen molar-refractivity contribution >= 4 is 0 Å². The first-order chi connectivity index (χ1) is 8.58. The Balaban J connectivity index is 2.85. The van der Waals surface area contributed by atoms with Gasteiger partial charge in [0.15, 0.2) is 11.5 Å². The average molecular weight is 251 g/mol. The number of benzene rings is 1. The predicted octanol–water partition coefficient (Wildman–Crippen LogP) is 3.01. The molecule has 102 valence electrons. The number of rotatable bonds is 7. The van der Waals surface area contributed by atoms with Gasteiger partial charge in [-0.3, -0.25) is 0 Å². The van der Waals surface area contributed by atoms with Gasteiger partial charge in [0.25, 0.3) is 0 Å². The van der Waals surface area contributed by atoms with E-state index in [0.29, 0.717) is 19.1 Å². The molecule has 0 heterocycles. The Kier molecular flexibility index (Phi) is 5.99. The standard InChI is InChI=1S/C15H25NO2/c1-5-17-14-8-7-12(9-13(16)11(3)4)10-15(14)18-6-2/h7-8,10-11,13H,5-6,9,16H2,1-4H3. The Morgan fingerprint density at radius 1 is 1.06 bits per heavy atom. The van der Waals surface area contributed by atoms with E-state index in [0.717, 1.165) is 17.9 Å². The normalized spacial score (nSPS) is 12.6. The van der Waals surface area contributed by atoms with Crippen molar-refractivity contribution in [3.8, 4) is 11.5 Å². The van der Waals surface area contributed by atoms with Gasteiger partial charge < -0.3 is 15.2 Å². The van der Waals surface area contributed by atoms with Crippen LogP contribution in [0.25, 0.3) is 0 Å². The van der Waals surface area contributed by atoms with Crippen molar-refractivity contribution in [3.63, 3.8) is 0 Å². The monoisotopic (exact) mass is 251 g/mol. The molecule has 1 unspecified atom stereocenters. The Hall–Kier alpha value is -1.22. The lowest BCUT2D eigenvalue weighted by Crippen LogP contribution is -2.28. The SMILES string of the molecule is CCOc1ccc(CC(N)C(C)C)cc1OCC. The van der Waals surface area contributed by atoms with Crippen LogP contribution in [0.2, 0.25) is 0 Å². The van der Waals surface area contributed by atoms with E-state index >= 15 is 0 Å². The van der Waals surface area contributed by atoms with Crippen LogP contribution in [0.15, 0.2) is 18.2 Å². The largest absolute Gasteiger partial charge is 0.490 e. The van der Waals surface area contributed by atoms with Crippen LogP contribution in [0.5, 0.6) is 11.5 Å². The van der Waals surface area contributed by atoms with Crippen LogP contribution in [0.4, 0.5) is 0 Å². The molecule has 3 nitrogen and oxygen atoms in total. The summed E-state index contributed by atoms with van der Waals surface area (Å²) in [5, 5.41) is 0. The molecule has 0 saturated heterocycles. The van der Waals surface area contributed by atoms with Gasteiger partial charge in [0.1, 0.15) is 0 Å². The van der Waals surface area contributed by atoms with E-state index in [4.69, 9.17) is 15.2 Å². The Bertz CT molecular complexity index is 364. The molecule has 0 spiro atoms. The second kappa shape index (κ2) is 7.27. The predicted molar refractivity (Wildman–Crippen MR) is 75.3 cm³/mol. The van der Waals surface area contributed by atoms with Gasteiger partial charge in [0.05, 0.1) is 13.2 Å². The third kappa shape index (κ3) is 4.22. The van der Waals surface area contributed by atoms with Crippen LogP contribution in [-0.2, 0) is 6.42 Å². The smallest absolute Gasteiger partial charge is 0.161 e. The lowest BCUT2D eigenvalue weighted by atomic mass is 9.97. The molecule has 1 aromatic carbocycles. The van der Waals surface area contributed by atoms with Gasteiger partial charge in [0.2, 0.25) is 0 Å². The molecule has 0 radical (unpaired) electrons. The second-order valence-electron chi connectivity index (χ2n) is 4.76. The number of nitrogens with two attached hydrogens (primary N) is 1. The molecule has 0 saturated carbocycles. The molecule has 0 aromatic heterocycles. The summed E-state index contributed by atoms with van der Waals surface area (Å²) in [6.45, 7) is 9.51. The molecule has 0 aliphatic rings. The summed E-state index contributed by atoms with van der Waals surface area (Å²) in [6.07, 6.45) is 0.865.